The molecule has 2 aliphatic rings. The van der Waals surface area contributed by atoms with E-state index in [0.717, 1.165) is 38.5 Å². The van der Waals surface area contributed by atoms with E-state index in [1.165, 1.54) is 0 Å². The summed E-state index contributed by atoms with van der Waals surface area (Å²) in [7, 11) is 0. The minimum atomic E-state index is -0.614. The molecule has 6 nitrogen and oxygen atoms in total. The maximum absolute atomic E-state index is 12.2. The van der Waals surface area contributed by atoms with Crippen molar-refractivity contribution in [2.45, 2.75) is 69.5 Å². The van der Waals surface area contributed by atoms with Gasteiger partial charge in [0, 0.05) is 18.5 Å². The normalized spacial score (nSPS) is 26.5. The highest BCUT2D eigenvalue weighted by atomic mass is 16.2. The van der Waals surface area contributed by atoms with E-state index < -0.39 is 6.04 Å². The molecule has 2 rings (SSSR count). The van der Waals surface area contributed by atoms with E-state index >= 15 is 0 Å². The summed E-state index contributed by atoms with van der Waals surface area (Å²) in [5.41, 5.74) is 5.97. The van der Waals surface area contributed by atoms with Gasteiger partial charge in [-0.15, -0.1) is 0 Å². The van der Waals surface area contributed by atoms with Crippen LogP contribution in [-0.2, 0) is 9.59 Å². The van der Waals surface area contributed by atoms with Gasteiger partial charge >= 0.3 is 0 Å². The molecule has 21 heavy (non-hydrogen) atoms. The van der Waals surface area contributed by atoms with Gasteiger partial charge in [-0.25, -0.2) is 0 Å². The Morgan fingerprint density at radius 2 is 1.95 bits per heavy atom. The Bertz CT molecular complexity index is 428. The molecule has 0 aromatic rings. The molecule has 3 atom stereocenters. The predicted molar refractivity (Wildman–Crippen MR) is 77.9 cm³/mol. The number of hydrogen-bond acceptors (Lipinski definition) is 4. The lowest BCUT2D eigenvalue weighted by atomic mass is 9.84. The number of rotatable bonds is 6. The van der Waals surface area contributed by atoms with Gasteiger partial charge in [0.05, 0.1) is 12.0 Å². The van der Waals surface area contributed by atoms with Crippen LogP contribution < -0.4 is 16.4 Å². The number of nitrogens with one attached hydrogen (secondary N) is 2. The largest absolute Gasteiger partial charge is 0.353 e. The summed E-state index contributed by atoms with van der Waals surface area (Å²) in [4.78, 5) is 23.8. The molecule has 6 heteroatoms. The number of carbonyl (C=O) groups excluding carboxylic acids is 2. The Hall–Kier alpha value is -1.61. The lowest BCUT2D eigenvalue weighted by molar-refractivity contribution is -0.127. The highest BCUT2D eigenvalue weighted by Crippen LogP contribution is 2.23. The van der Waals surface area contributed by atoms with Gasteiger partial charge in [-0.1, -0.05) is 12.8 Å². The molecule has 0 heterocycles. The molecular formula is C15H24N4O2. The molecule has 0 aromatic heterocycles. The summed E-state index contributed by atoms with van der Waals surface area (Å²) < 4.78 is 0. The number of amides is 2. The van der Waals surface area contributed by atoms with Gasteiger partial charge in [0.15, 0.2) is 0 Å². The van der Waals surface area contributed by atoms with Crippen molar-refractivity contribution in [3.63, 3.8) is 0 Å². The van der Waals surface area contributed by atoms with Crippen molar-refractivity contribution in [2.75, 3.05) is 0 Å². The average molecular weight is 292 g/mol. The first-order valence-electron chi connectivity index (χ1n) is 7.85. The van der Waals surface area contributed by atoms with E-state index in [-0.39, 0.29) is 30.2 Å². The number of hydrogen-bond donors (Lipinski definition) is 3. The topological polar surface area (TPSA) is 108 Å². The third-order valence-corrected chi connectivity index (χ3v) is 4.23. The quantitative estimate of drug-likeness (QED) is 0.665. The fraction of sp³-hybridized carbons (Fsp3) is 0.800. The van der Waals surface area contributed by atoms with Gasteiger partial charge in [-0.2, -0.15) is 5.26 Å². The minimum Gasteiger partial charge on any atom is -0.353 e. The highest BCUT2D eigenvalue weighted by molar-refractivity contribution is 5.80. The molecule has 2 aliphatic carbocycles. The standard InChI is InChI=1S/C15H24N4O2/c16-9-11(7-8-14(20)18-10-5-6-10)19-15(21)12-3-1-2-4-13(12)17/h10-13H,1-8,17H2,(H,18,20)(H,19,21)/t11-,12+,13-/m0/s1. The fourth-order valence-electron chi connectivity index (χ4n) is 2.74. The van der Waals surface area contributed by atoms with Crippen molar-refractivity contribution in [1.29, 1.82) is 5.26 Å². The van der Waals surface area contributed by atoms with E-state index in [2.05, 4.69) is 16.7 Å². The molecule has 2 amide bonds. The second-order valence-electron chi connectivity index (χ2n) is 6.13. The first kappa shape index (κ1) is 15.8. The Morgan fingerprint density at radius 1 is 1.24 bits per heavy atom. The smallest absolute Gasteiger partial charge is 0.225 e. The molecule has 0 unspecified atom stereocenters. The zero-order valence-corrected chi connectivity index (χ0v) is 12.3. The van der Waals surface area contributed by atoms with E-state index in [0.29, 0.717) is 12.5 Å². The van der Waals surface area contributed by atoms with Gasteiger partial charge in [0.25, 0.3) is 0 Å². The summed E-state index contributed by atoms with van der Waals surface area (Å²) in [6.07, 6.45) is 6.43. The summed E-state index contributed by atoms with van der Waals surface area (Å²) in [6, 6.07) is 1.66. The molecule has 0 aromatic carbocycles. The van der Waals surface area contributed by atoms with E-state index in [9.17, 15) is 9.59 Å². The average Bonchev–Trinajstić information content (AvgIpc) is 3.27. The van der Waals surface area contributed by atoms with Gasteiger partial charge in [-0.05, 0) is 32.1 Å². The van der Waals surface area contributed by atoms with Crippen LogP contribution in [-0.4, -0.2) is 29.9 Å². The molecule has 4 N–H and O–H groups in total. The van der Waals surface area contributed by atoms with Crippen LogP contribution in [0.5, 0.6) is 0 Å². The number of carbonyl (C=O) groups is 2. The molecule has 0 radical (unpaired) electrons. The van der Waals surface area contributed by atoms with Crippen molar-refractivity contribution in [1.82, 2.24) is 10.6 Å². The maximum atomic E-state index is 12.2. The molecule has 116 valence electrons. The van der Waals surface area contributed by atoms with Gasteiger partial charge in [0.1, 0.15) is 6.04 Å². The van der Waals surface area contributed by atoms with Crippen LogP contribution >= 0.6 is 0 Å². The number of nitrogens with zero attached hydrogens (tertiary/aromatic N) is 1. The number of nitriles is 1. The van der Waals surface area contributed by atoms with E-state index in [4.69, 9.17) is 11.0 Å². The first-order chi connectivity index (χ1) is 10.1. The lowest BCUT2D eigenvalue weighted by Gasteiger charge is -2.28. The molecule has 0 spiro atoms. The fourth-order valence-corrected chi connectivity index (χ4v) is 2.74. The van der Waals surface area contributed by atoms with Crippen LogP contribution in [0.1, 0.15) is 51.4 Å². The summed E-state index contributed by atoms with van der Waals surface area (Å²) >= 11 is 0. The van der Waals surface area contributed by atoms with Crippen molar-refractivity contribution in [3.05, 3.63) is 0 Å². The second kappa shape index (κ2) is 7.41. The Kier molecular flexibility index (Phi) is 5.57. The second-order valence-corrected chi connectivity index (χ2v) is 6.13. The SMILES string of the molecule is N#C[C@H](CCC(=O)NC1CC1)NC(=O)[C@@H]1CCCC[C@@H]1N. The van der Waals surface area contributed by atoms with Crippen LogP contribution in [0.25, 0.3) is 0 Å². The Morgan fingerprint density at radius 3 is 2.57 bits per heavy atom. The predicted octanol–water partition coefficient (Wildman–Crippen LogP) is 0.571. The van der Waals surface area contributed by atoms with Crippen LogP contribution in [0.3, 0.4) is 0 Å². The zero-order chi connectivity index (χ0) is 15.2. The van der Waals surface area contributed by atoms with Crippen LogP contribution in [0.4, 0.5) is 0 Å². The molecular weight excluding hydrogens is 268 g/mol. The molecule has 0 saturated heterocycles. The van der Waals surface area contributed by atoms with Crippen molar-refractivity contribution in [3.8, 4) is 6.07 Å². The maximum Gasteiger partial charge on any atom is 0.225 e. The first-order valence-corrected chi connectivity index (χ1v) is 7.85. The molecule has 2 saturated carbocycles. The number of nitrogens with two attached hydrogens (primary N) is 1. The Labute approximate surface area is 125 Å². The van der Waals surface area contributed by atoms with E-state index in [1.807, 2.05) is 0 Å². The third-order valence-electron chi connectivity index (χ3n) is 4.23. The highest BCUT2D eigenvalue weighted by Gasteiger charge is 2.29. The summed E-state index contributed by atoms with van der Waals surface area (Å²) in [6.45, 7) is 0. The minimum absolute atomic E-state index is 0.0404. The van der Waals surface area contributed by atoms with Gasteiger partial charge in [-0.3, -0.25) is 9.59 Å². The van der Waals surface area contributed by atoms with Gasteiger partial charge < -0.3 is 16.4 Å². The van der Waals surface area contributed by atoms with Crippen LogP contribution in [0, 0.1) is 17.2 Å². The molecule has 0 bridgehead atoms. The third kappa shape index (κ3) is 5.01. The van der Waals surface area contributed by atoms with Crippen LogP contribution in [0.15, 0.2) is 0 Å². The zero-order valence-electron chi connectivity index (χ0n) is 12.3. The van der Waals surface area contributed by atoms with Gasteiger partial charge in [0.2, 0.25) is 11.8 Å². The molecule has 0 aliphatic heterocycles. The van der Waals surface area contributed by atoms with Crippen molar-refractivity contribution >= 4 is 11.8 Å². The van der Waals surface area contributed by atoms with E-state index in [1.54, 1.807) is 0 Å². The van der Waals surface area contributed by atoms with Crippen molar-refractivity contribution in [2.24, 2.45) is 11.7 Å². The molecule has 2 fully saturated rings. The monoisotopic (exact) mass is 292 g/mol. The summed E-state index contributed by atoms with van der Waals surface area (Å²) in [5.74, 6) is -0.382. The lowest BCUT2D eigenvalue weighted by Crippen LogP contribution is -2.46. The Balaban J connectivity index is 1.74. The van der Waals surface area contributed by atoms with Crippen LogP contribution in [0.2, 0.25) is 0 Å². The summed E-state index contributed by atoms with van der Waals surface area (Å²) in [5, 5.41) is 14.7. The van der Waals surface area contributed by atoms with Crippen molar-refractivity contribution < 1.29 is 9.59 Å².